The van der Waals surface area contributed by atoms with Crippen LogP contribution in [0.2, 0.25) is 0 Å². The highest BCUT2D eigenvalue weighted by molar-refractivity contribution is 6.15. The molecule has 0 amide bonds. The summed E-state index contributed by atoms with van der Waals surface area (Å²) in [5, 5.41) is 0. The number of ketones is 1. The van der Waals surface area contributed by atoms with E-state index >= 15 is 0 Å². The zero-order valence-electron chi connectivity index (χ0n) is 22.4. The van der Waals surface area contributed by atoms with E-state index in [-0.39, 0.29) is 27.9 Å². The predicted molar refractivity (Wildman–Crippen MR) is 140 cm³/mol. The summed E-state index contributed by atoms with van der Waals surface area (Å²) in [6.45, 7) is 26.4. The fourth-order valence-corrected chi connectivity index (χ4v) is 5.32. The molecule has 3 heteroatoms. The van der Waals surface area contributed by atoms with Crippen LogP contribution in [0.3, 0.4) is 0 Å². The predicted octanol–water partition coefficient (Wildman–Crippen LogP) is 7.72. The van der Waals surface area contributed by atoms with Gasteiger partial charge >= 0.3 is 0 Å². The first kappa shape index (κ1) is 26.0. The molecule has 0 spiro atoms. The van der Waals surface area contributed by atoms with Crippen LogP contribution in [0.1, 0.15) is 99.0 Å². The first-order valence-electron chi connectivity index (χ1n) is 11.7. The van der Waals surface area contributed by atoms with Gasteiger partial charge in [-0.1, -0.05) is 24.3 Å². The maximum atomic E-state index is 14.2. The second-order valence-electron chi connectivity index (χ2n) is 12.7. The van der Waals surface area contributed by atoms with Crippen molar-refractivity contribution in [2.75, 3.05) is 9.80 Å². The van der Waals surface area contributed by atoms with Gasteiger partial charge < -0.3 is 9.80 Å². The molecule has 0 atom stereocenters. The van der Waals surface area contributed by atoms with Crippen molar-refractivity contribution >= 4 is 17.2 Å². The van der Waals surface area contributed by atoms with Gasteiger partial charge in [0, 0.05) is 44.7 Å². The smallest absolute Gasteiger partial charge is 0.197 e. The third-order valence-electron chi connectivity index (χ3n) is 5.46. The van der Waals surface area contributed by atoms with E-state index in [1.54, 1.807) is 0 Å². The minimum Gasteiger partial charge on any atom is -0.361 e. The highest BCUT2D eigenvalue weighted by Crippen LogP contribution is 2.39. The largest absolute Gasteiger partial charge is 0.361 e. The summed E-state index contributed by atoms with van der Waals surface area (Å²) >= 11 is 0. The monoisotopic (exact) mass is 436 g/mol. The third kappa shape index (κ3) is 5.54. The molecule has 32 heavy (non-hydrogen) atoms. The van der Waals surface area contributed by atoms with E-state index in [1.165, 1.54) is 0 Å². The van der Waals surface area contributed by atoms with E-state index in [9.17, 15) is 4.79 Å². The molecule has 2 aromatic rings. The Morgan fingerprint density at radius 1 is 0.500 bits per heavy atom. The van der Waals surface area contributed by atoms with Crippen molar-refractivity contribution in [1.82, 2.24) is 0 Å². The Morgan fingerprint density at radius 2 is 0.750 bits per heavy atom. The van der Waals surface area contributed by atoms with Gasteiger partial charge in [-0.15, -0.1) is 0 Å². The quantitative estimate of drug-likeness (QED) is 0.458. The van der Waals surface area contributed by atoms with Crippen LogP contribution < -0.4 is 9.80 Å². The van der Waals surface area contributed by atoms with Crippen molar-refractivity contribution in [1.29, 1.82) is 0 Å². The molecule has 0 aliphatic heterocycles. The maximum absolute atomic E-state index is 14.2. The number of rotatable bonds is 4. The number of hydrogen-bond donors (Lipinski definition) is 0. The van der Waals surface area contributed by atoms with Gasteiger partial charge in [0.2, 0.25) is 0 Å². The lowest BCUT2D eigenvalue weighted by Gasteiger charge is -2.48. The summed E-state index contributed by atoms with van der Waals surface area (Å²) in [5.41, 5.74) is 2.87. The second kappa shape index (κ2) is 8.57. The van der Waals surface area contributed by atoms with E-state index in [2.05, 4.69) is 105 Å². The molecule has 0 saturated carbocycles. The minimum atomic E-state index is -0.142. The standard InChI is InChI=1S/C29H44N2O/c1-26(2,3)30(27(4,5)6)23-19-15-13-17-21(23)25(32)22-18-14-16-20-24(22)31(28(7,8)9)29(10,11)12/h13-20H,1-12H3. The Balaban J connectivity index is 2.76. The van der Waals surface area contributed by atoms with E-state index in [1.807, 2.05) is 36.4 Å². The van der Waals surface area contributed by atoms with Crippen molar-refractivity contribution < 1.29 is 4.79 Å². The summed E-state index contributed by atoms with van der Waals surface area (Å²) in [5.74, 6) is 0.0631. The van der Waals surface area contributed by atoms with E-state index in [4.69, 9.17) is 0 Å². The van der Waals surface area contributed by atoms with Crippen LogP contribution in [0.15, 0.2) is 48.5 Å². The zero-order valence-corrected chi connectivity index (χ0v) is 22.4. The van der Waals surface area contributed by atoms with Gasteiger partial charge in [0.05, 0.1) is 0 Å². The number of para-hydroxylation sites is 2. The molecule has 0 aliphatic carbocycles. The number of carbonyl (C=O) groups is 1. The number of anilines is 2. The van der Waals surface area contributed by atoms with Crippen molar-refractivity contribution in [3.8, 4) is 0 Å². The van der Waals surface area contributed by atoms with Crippen molar-refractivity contribution in [3.63, 3.8) is 0 Å². The summed E-state index contributed by atoms with van der Waals surface area (Å²) in [4.78, 5) is 18.9. The summed E-state index contributed by atoms with van der Waals surface area (Å²) in [7, 11) is 0. The fourth-order valence-electron chi connectivity index (χ4n) is 5.32. The number of nitrogens with zero attached hydrogens (tertiary/aromatic N) is 2. The molecular formula is C29H44N2O. The van der Waals surface area contributed by atoms with Gasteiger partial charge in [-0.05, 0) is 107 Å². The maximum Gasteiger partial charge on any atom is 0.197 e. The molecule has 0 N–H and O–H groups in total. The van der Waals surface area contributed by atoms with E-state index in [0.717, 1.165) is 22.5 Å². The molecule has 0 unspecified atom stereocenters. The van der Waals surface area contributed by atoms with Crippen molar-refractivity contribution in [2.45, 2.75) is 105 Å². The van der Waals surface area contributed by atoms with E-state index in [0.29, 0.717) is 0 Å². The fraction of sp³-hybridized carbons (Fsp3) is 0.552. The Kier molecular flexibility index (Phi) is 6.96. The van der Waals surface area contributed by atoms with Gasteiger partial charge in [-0.2, -0.15) is 0 Å². The van der Waals surface area contributed by atoms with Crippen LogP contribution >= 0.6 is 0 Å². The summed E-state index contributed by atoms with van der Waals surface area (Å²) in [6, 6.07) is 16.1. The highest BCUT2D eigenvalue weighted by atomic mass is 16.1. The summed E-state index contributed by atoms with van der Waals surface area (Å²) in [6.07, 6.45) is 0. The lowest BCUT2D eigenvalue weighted by atomic mass is 9.89. The highest BCUT2D eigenvalue weighted by Gasteiger charge is 2.36. The first-order chi connectivity index (χ1) is 14.4. The van der Waals surface area contributed by atoms with Gasteiger partial charge in [0.25, 0.3) is 0 Å². The molecule has 0 heterocycles. The number of hydrogen-bond acceptors (Lipinski definition) is 3. The van der Waals surface area contributed by atoms with E-state index < -0.39 is 0 Å². The summed E-state index contributed by atoms with van der Waals surface area (Å²) < 4.78 is 0. The normalized spacial score (nSPS) is 13.1. The Bertz CT molecular complexity index is 841. The minimum absolute atomic E-state index is 0.0631. The molecular weight excluding hydrogens is 392 g/mol. The first-order valence-corrected chi connectivity index (χ1v) is 11.7. The molecule has 0 aromatic heterocycles. The Labute approximate surface area is 196 Å². The third-order valence-corrected chi connectivity index (χ3v) is 5.46. The van der Waals surface area contributed by atoms with Crippen LogP contribution in [-0.4, -0.2) is 27.9 Å². The second-order valence-corrected chi connectivity index (χ2v) is 12.7. The molecule has 0 bridgehead atoms. The zero-order chi connectivity index (χ0) is 24.7. The van der Waals surface area contributed by atoms with Crippen molar-refractivity contribution in [3.05, 3.63) is 59.7 Å². The molecule has 2 rings (SSSR count). The average Bonchev–Trinajstić information content (AvgIpc) is 2.57. The molecule has 0 saturated heterocycles. The van der Waals surface area contributed by atoms with Crippen LogP contribution in [-0.2, 0) is 0 Å². The molecule has 2 aromatic carbocycles. The van der Waals surface area contributed by atoms with Gasteiger partial charge in [-0.25, -0.2) is 0 Å². The van der Waals surface area contributed by atoms with Gasteiger partial charge in [0.15, 0.2) is 5.78 Å². The van der Waals surface area contributed by atoms with Crippen LogP contribution in [0.4, 0.5) is 11.4 Å². The molecule has 3 nitrogen and oxygen atoms in total. The van der Waals surface area contributed by atoms with Gasteiger partial charge in [0.1, 0.15) is 0 Å². The topological polar surface area (TPSA) is 23.6 Å². The van der Waals surface area contributed by atoms with Crippen LogP contribution in [0.5, 0.6) is 0 Å². The SMILES string of the molecule is CC(C)(C)N(c1ccccc1C(=O)c1ccccc1N(C(C)(C)C)C(C)(C)C)C(C)(C)C. The molecule has 0 radical (unpaired) electrons. The lowest BCUT2D eigenvalue weighted by molar-refractivity contribution is 0.103. The number of benzene rings is 2. The van der Waals surface area contributed by atoms with Gasteiger partial charge in [-0.3, -0.25) is 4.79 Å². The van der Waals surface area contributed by atoms with Crippen molar-refractivity contribution in [2.24, 2.45) is 0 Å². The van der Waals surface area contributed by atoms with Crippen LogP contribution in [0.25, 0.3) is 0 Å². The molecule has 176 valence electrons. The number of carbonyl (C=O) groups excluding carboxylic acids is 1. The lowest BCUT2D eigenvalue weighted by Crippen LogP contribution is -2.54. The Morgan fingerprint density at radius 3 is 1.00 bits per heavy atom. The average molecular weight is 437 g/mol. The molecule has 0 fully saturated rings. The Hall–Kier alpha value is -2.29. The van der Waals surface area contributed by atoms with Crippen LogP contribution in [0, 0.1) is 0 Å². The molecule has 0 aliphatic rings.